The predicted molar refractivity (Wildman–Crippen MR) is 101 cm³/mol. The van der Waals surface area contributed by atoms with Crippen LogP contribution in [0.1, 0.15) is 52.9 Å². The van der Waals surface area contributed by atoms with E-state index in [9.17, 15) is 30.3 Å². The summed E-state index contributed by atoms with van der Waals surface area (Å²) in [5, 5.41) is 50.8. The van der Waals surface area contributed by atoms with Crippen LogP contribution in [-0.4, -0.2) is 74.4 Å². The molecule has 5 aliphatic rings. The Morgan fingerprint density at radius 1 is 1.07 bits per heavy atom. The van der Waals surface area contributed by atoms with Crippen molar-refractivity contribution in [2.75, 3.05) is 6.61 Å². The topological polar surface area (TPSA) is 137 Å². The number of aliphatic hydroxyl groups excluding tert-OH is 3. The fourth-order valence-electron chi connectivity index (χ4n) is 7.11. The zero-order chi connectivity index (χ0) is 21.4. The lowest BCUT2D eigenvalue weighted by molar-refractivity contribution is -0.315. The van der Waals surface area contributed by atoms with E-state index in [4.69, 9.17) is 9.47 Å². The van der Waals surface area contributed by atoms with Crippen LogP contribution >= 0.6 is 0 Å². The molecule has 29 heavy (non-hydrogen) atoms. The average molecular weight is 414 g/mol. The number of ether oxygens (including phenoxy) is 2. The van der Waals surface area contributed by atoms with Crippen LogP contribution in [0.5, 0.6) is 0 Å². The molecule has 5 fully saturated rings. The van der Waals surface area contributed by atoms with Gasteiger partial charge in [0.2, 0.25) is 0 Å². The highest BCUT2D eigenvalue weighted by Crippen LogP contribution is 2.71. The molecule has 0 radical (unpaired) electrons. The second kappa shape index (κ2) is 6.87. The first-order chi connectivity index (χ1) is 13.4. The third-order valence-corrected chi connectivity index (χ3v) is 9.13. The minimum atomic E-state index is -1.72. The highest BCUT2D eigenvalue weighted by molar-refractivity contribution is 5.73. The van der Waals surface area contributed by atoms with Crippen molar-refractivity contribution in [1.29, 1.82) is 0 Å². The Labute approximate surface area is 170 Å². The van der Waals surface area contributed by atoms with Crippen molar-refractivity contribution >= 4 is 5.97 Å². The van der Waals surface area contributed by atoms with E-state index in [1.807, 2.05) is 0 Å². The van der Waals surface area contributed by atoms with Crippen molar-refractivity contribution in [2.24, 2.45) is 28.6 Å². The molecular formula is C21H34O8. The number of hydrogen-bond acceptors (Lipinski definition) is 7. The van der Waals surface area contributed by atoms with Crippen molar-refractivity contribution < 1.29 is 39.8 Å². The maximum atomic E-state index is 11.7. The molecule has 1 heterocycles. The van der Waals surface area contributed by atoms with Gasteiger partial charge in [-0.05, 0) is 55.3 Å². The quantitative estimate of drug-likeness (QED) is 0.449. The van der Waals surface area contributed by atoms with Gasteiger partial charge in [-0.2, -0.15) is 0 Å². The minimum Gasteiger partial charge on any atom is -0.479 e. The fraction of sp³-hybridized carbons (Fsp3) is 0.952. The van der Waals surface area contributed by atoms with Gasteiger partial charge in [0.25, 0.3) is 0 Å². The number of aliphatic carboxylic acids is 1. The lowest BCUT2D eigenvalue weighted by atomic mass is 9.35. The normalized spacial score (nSPS) is 53.6. The number of aliphatic hydroxyl groups is 4. The van der Waals surface area contributed by atoms with Gasteiger partial charge in [-0.25, -0.2) is 4.79 Å². The summed E-state index contributed by atoms with van der Waals surface area (Å²) in [5.74, 6) is -0.534. The van der Waals surface area contributed by atoms with E-state index in [0.29, 0.717) is 12.3 Å². The predicted octanol–water partition coefficient (Wildman–Crippen LogP) is 0.499. The molecule has 1 unspecified atom stereocenters. The van der Waals surface area contributed by atoms with E-state index >= 15 is 0 Å². The Balaban J connectivity index is 1.47. The highest BCUT2D eigenvalue weighted by Gasteiger charge is 2.70. The maximum absolute atomic E-state index is 11.7. The molecule has 4 aliphatic carbocycles. The summed E-state index contributed by atoms with van der Waals surface area (Å²) in [5.41, 5.74) is -1.04. The molecule has 0 aromatic heterocycles. The first-order valence-corrected chi connectivity index (χ1v) is 10.7. The summed E-state index contributed by atoms with van der Waals surface area (Å²) in [6.07, 6.45) is -3.30. The van der Waals surface area contributed by atoms with Crippen LogP contribution in [0.25, 0.3) is 0 Å². The Kier molecular flexibility index (Phi) is 5.08. The van der Waals surface area contributed by atoms with Crippen LogP contribution in [0.4, 0.5) is 0 Å². The van der Waals surface area contributed by atoms with Gasteiger partial charge in [-0.15, -0.1) is 0 Å². The van der Waals surface area contributed by atoms with Crippen molar-refractivity contribution in [1.82, 2.24) is 0 Å². The van der Waals surface area contributed by atoms with Crippen LogP contribution in [0.3, 0.4) is 0 Å². The lowest BCUT2D eigenvalue weighted by Crippen LogP contribution is -2.72. The number of rotatable bonds is 4. The van der Waals surface area contributed by atoms with E-state index in [1.54, 1.807) is 0 Å². The second-order valence-corrected chi connectivity index (χ2v) is 10.4. The van der Waals surface area contributed by atoms with Crippen LogP contribution in [0.15, 0.2) is 0 Å². The third kappa shape index (κ3) is 2.83. The van der Waals surface area contributed by atoms with Gasteiger partial charge in [0.15, 0.2) is 12.4 Å². The van der Waals surface area contributed by atoms with E-state index in [1.165, 1.54) is 0 Å². The largest absolute Gasteiger partial charge is 0.479 e. The molecule has 0 aromatic carbocycles. The van der Waals surface area contributed by atoms with Gasteiger partial charge in [0.1, 0.15) is 18.3 Å². The summed E-state index contributed by atoms with van der Waals surface area (Å²) in [6, 6.07) is 0. The lowest BCUT2D eigenvalue weighted by Gasteiger charge is -2.71. The van der Waals surface area contributed by atoms with Crippen molar-refractivity contribution in [2.45, 2.75) is 89.2 Å². The van der Waals surface area contributed by atoms with Gasteiger partial charge in [-0.3, -0.25) is 0 Å². The molecule has 0 spiro atoms. The zero-order valence-corrected chi connectivity index (χ0v) is 17.3. The molecule has 1 aliphatic heterocycles. The number of carbonyl (C=O) groups is 1. The van der Waals surface area contributed by atoms with Gasteiger partial charge in [0, 0.05) is 5.41 Å². The first-order valence-electron chi connectivity index (χ1n) is 10.7. The van der Waals surface area contributed by atoms with Gasteiger partial charge in [0.05, 0.1) is 12.2 Å². The summed E-state index contributed by atoms with van der Waals surface area (Å²) in [4.78, 5) is 11.3. The van der Waals surface area contributed by atoms with Crippen molar-refractivity contribution in [3.63, 3.8) is 0 Å². The summed E-state index contributed by atoms with van der Waals surface area (Å²) >= 11 is 0. The van der Waals surface area contributed by atoms with Crippen molar-refractivity contribution in [3.05, 3.63) is 0 Å². The second-order valence-electron chi connectivity index (χ2n) is 10.4. The van der Waals surface area contributed by atoms with E-state index in [0.717, 1.165) is 25.7 Å². The van der Waals surface area contributed by atoms with Crippen LogP contribution in [0, 0.1) is 28.6 Å². The van der Waals surface area contributed by atoms with Crippen LogP contribution < -0.4 is 0 Å². The van der Waals surface area contributed by atoms with Gasteiger partial charge in [-0.1, -0.05) is 20.8 Å². The molecule has 166 valence electrons. The number of carboxylic acids is 1. The standard InChI is InChI=1S/C21H34O8/c1-19(2)11-5-6-20(3)12(8-11)10(4-7-21(19,20)27)9-28-18-15(24)13(22)14(23)16(29-18)17(25)26/h10-16,18,22-24,27H,4-9H2,1-3H3,(H,25,26)/t10-,11-,12+,13+,14+,15-,16+,18?,20+,21-/m1/s1. The fourth-order valence-corrected chi connectivity index (χ4v) is 7.11. The van der Waals surface area contributed by atoms with Crippen LogP contribution in [0.2, 0.25) is 0 Å². The van der Waals surface area contributed by atoms with E-state index in [-0.39, 0.29) is 29.3 Å². The molecule has 0 aromatic rings. The molecule has 5 rings (SSSR count). The SMILES string of the molecule is CC1(C)[C@@H]2CC[C@@]3(C)[C@@H](C2)[C@@H](COC2O[C@H](C(=O)O)[C@@H](O)[C@H](O)[C@H]2O)CC[C@@]13O. The van der Waals surface area contributed by atoms with E-state index in [2.05, 4.69) is 20.8 Å². The number of hydrogen-bond donors (Lipinski definition) is 5. The Morgan fingerprint density at radius 2 is 1.76 bits per heavy atom. The summed E-state index contributed by atoms with van der Waals surface area (Å²) < 4.78 is 11.0. The number of carboxylic acid groups (broad SMARTS) is 1. The van der Waals surface area contributed by atoms with Crippen molar-refractivity contribution in [3.8, 4) is 0 Å². The summed E-state index contributed by atoms with van der Waals surface area (Å²) in [6.45, 7) is 6.81. The smallest absolute Gasteiger partial charge is 0.335 e. The first kappa shape index (κ1) is 21.5. The highest BCUT2D eigenvalue weighted by atomic mass is 16.7. The Hall–Kier alpha value is -0.770. The molecule has 4 saturated carbocycles. The maximum Gasteiger partial charge on any atom is 0.335 e. The monoisotopic (exact) mass is 414 g/mol. The minimum absolute atomic E-state index is 0.125. The van der Waals surface area contributed by atoms with Gasteiger partial charge < -0.3 is 35.0 Å². The zero-order valence-electron chi connectivity index (χ0n) is 17.3. The molecule has 10 atom stereocenters. The number of fused-ring (bicyclic) bond motifs is 1. The Bertz CT molecular complexity index is 667. The Morgan fingerprint density at radius 3 is 2.41 bits per heavy atom. The van der Waals surface area contributed by atoms with E-state index < -0.39 is 42.3 Å². The molecule has 8 heteroatoms. The molecular weight excluding hydrogens is 380 g/mol. The molecule has 5 N–H and O–H groups in total. The molecule has 1 saturated heterocycles. The molecule has 8 nitrogen and oxygen atoms in total. The van der Waals surface area contributed by atoms with Gasteiger partial charge >= 0.3 is 5.97 Å². The summed E-state index contributed by atoms with van der Waals surface area (Å²) in [7, 11) is 0. The average Bonchev–Trinajstić information content (AvgIpc) is 2.65. The molecule has 4 bridgehead atoms. The van der Waals surface area contributed by atoms with Crippen LogP contribution in [-0.2, 0) is 14.3 Å². The molecule has 0 amide bonds. The third-order valence-electron chi connectivity index (χ3n) is 9.13.